The summed E-state index contributed by atoms with van der Waals surface area (Å²) in [5, 5.41) is 19.8. The van der Waals surface area contributed by atoms with Gasteiger partial charge in [-0.1, -0.05) is 13.8 Å². The molecule has 2 rings (SSSR count). The Balaban J connectivity index is 2.53. The third kappa shape index (κ3) is 3.62. The summed E-state index contributed by atoms with van der Waals surface area (Å²) in [6, 6.07) is 8.43. The molecule has 136 valence electrons. The van der Waals surface area contributed by atoms with Gasteiger partial charge in [-0.05, 0) is 49.6 Å². The van der Waals surface area contributed by atoms with Crippen molar-refractivity contribution in [1.82, 2.24) is 4.57 Å². The Morgan fingerprint density at radius 2 is 1.88 bits per heavy atom. The van der Waals surface area contributed by atoms with Gasteiger partial charge in [-0.25, -0.2) is 0 Å². The Labute approximate surface area is 152 Å². The van der Waals surface area contributed by atoms with Gasteiger partial charge in [0, 0.05) is 12.1 Å². The lowest BCUT2D eigenvalue weighted by atomic mass is 9.97. The first-order valence-corrected chi connectivity index (χ1v) is 8.60. The number of hydrogen-bond donors (Lipinski definition) is 1. The minimum absolute atomic E-state index is 0.0168. The molecule has 0 spiro atoms. The van der Waals surface area contributed by atoms with Crippen molar-refractivity contribution in [3.63, 3.8) is 0 Å². The fourth-order valence-electron chi connectivity index (χ4n) is 2.72. The van der Waals surface area contributed by atoms with Crippen molar-refractivity contribution in [1.29, 1.82) is 5.26 Å². The average Bonchev–Trinajstić information content (AvgIpc) is 2.64. The number of aromatic nitrogens is 1. The zero-order valence-corrected chi connectivity index (χ0v) is 15.2. The Hall–Kier alpha value is -3.07. The third-order valence-electron chi connectivity index (χ3n) is 4.06. The molecule has 0 atom stereocenters. The second-order valence-corrected chi connectivity index (χ2v) is 5.97. The van der Waals surface area contributed by atoms with Crippen LogP contribution in [0.4, 0.5) is 0 Å². The van der Waals surface area contributed by atoms with E-state index in [1.807, 2.05) is 19.9 Å². The molecule has 0 aliphatic heterocycles. The van der Waals surface area contributed by atoms with Crippen molar-refractivity contribution in [2.24, 2.45) is 0 Å². The molecule has 1 N–H and O–H groups in total. The molecule has 1 aromatic heterocycles. The van der Waals surface area contributed by atoms with Gasteiger partial charge < -0.3 is 9.84 Å². The summed E-state index contributed by atoms with van der Waals surface area (Å²) in [7, 11) is 0. The molecule has 0 saturated carbocycles. The molecule has 0 saturated heterocycles. The largest absolute Gasteiger partial charge is 0.494 e. The van der Waals surface area contributed by atoms with Crippen LogP contribution in [0.15, 0.2) is 29.1 Å². The van der Waals surface area contributed by atoms with Crippen LogP contribution in [0.2, 0.25) is 0 Å². The van der Waals surface area contributed by atoms with Gasteiger partial charge in [0.05, 0.1) is 12.2 Å². The molecular formula is C20H22N2O4. The third-order valence-corrected chi connectivity index (χ3v) is 4.06. The van der Waals surface area contributed by atoms with Crippen LogP contribution in [0.3, 0.4) is 0 Å². The minimum Gasteiger partial charge on any atom is -0.494 e. The van der Waals surface area contributed by atoms with E-state index in [4.69, 9.17) is 4.74 Å². The van der Waals surface area contributed by atoms with Gasteiger partial charge in [0.2, 0.25) is 5.88 Å². The lowest BCUT2D eigenvalue weighted by Crippen LogP contribution is -2.26. The Morgan fingerprint density at radius 1 is 1.23 bits per heavy atom. The number of aromatic hydroxyl groups is 1. The normalized spacial score (nSPS) is 10.4. The zero-order valence-electron chi connectivity index (χ0n) is 15.2. The number of pyridine rings is 1. The van der Waals surface area contributed by atoms with Crippen LogP contribution in [0, 0.1) is 18.3 Å². The summed E-state index contributed by atoms with van der Waals surface area (Å²) in [6.45, 7) is 6.15. The van der Waals surface area contributed by atoms with Crippen molar-refractivity contribution in [2.45, 2.75) is 40.2 Å². The number of benzene rings is 1. The zero-order chi connectivity index (χ0) is 19.3. The van der Waals surface area contributed by atoms with E-state index in [0.29, 0.717) is 24.3 Å². The van der Waals surface area contributed by atoms with Gasteiger partial charge in [0.15, 0.2) is 5.78 Å². The van der Waals surface area contributed by atoms with Crippen LogP contribution >= 0.6 is 0 Å². The number of hydrogen-bond acceptors (Lipinski definition) is 5. The highest BCUT2D eigenvalue weighted by molar-refractivity contribution is 6.11. The standard InChI is InChI=1S/C20H22N2O4/c1-4-10-22-19(24)16(12-21)13(3)17(20(22)25)18(23)14-6-8-15(9-7-14)26-11-5-2/h6-9,25H,4-5,10-11H2,1-3H3. The molecule has 0 aliphatic carbocycles. The SMILES string of the molecule is CCCOc1ccc(C(=O)c2c(C)c(C#N)c(=O)n(CCC)c2O)cc1. The number of ether oxygens (including phenoxy) is 1. The summed E-state index contributed by atoms with van der Waals surface area (Å²) >= 11 is 0. The van der Waals surface area contributed by atoms with Crippen LogP contribution in [0.1, 0.15) is 53.7 Å². The molecule has 1 heterocycles. The smallest absolute Gasteiger partial charge is 0.271 e. The predicted octanol–water partition coefficient (Wildman–Crippen LogP) is 3.16. The Morgan fingerprint density at radius 3 is 2.42 bits per heavy atom. The highest BCUT2D eigenvalue weighted by Crippen LogP contribution is 2.26. The highest BCUT2D eigenvalue weighted by Gasteiger charge is 2.24. The molecular weight excluding hydrogens is 332 g/mol. The van der Waals surface area contributed by atoms with Gasteiger partial charge in [-0.2, -0.15) is 5.26 Å². The van der Waals surface area contributed by atoms with Crippen LogP contribution in [-0.2, 0) is 6.54 Å². The number of rotatable bonds is 7. The fraction of sp³-hybridized carbons (Fsp3) is 0.350. The van der Waals surface area contributed by atoms with Gasteiger partial charge >= 0.3 is 0 Å². The molecule has 0 bridgehead atoms. The first-order chi connectivity index (χ1) is 12.5. The predicted molar refractivity (Wildman–Crippen MR) is 97.8 cm³/mol. The minimum atomic E-state index is -0.579. The molecule has 0 aliphatic rings. The lowest BCUT2D eigenvalue weighted by molar-refractivity contribution is 0.103. The molecule has 1 aromatic carbocycles. The second kappa shape index (κ2) is 8.34. The number of ketones is 1. The Bertz CT molecular complexity index is 905. The van der Waals surface area contributed by atoms with E-state index in [1.54, 1.807) is 24.3 Å². The van der Waals surface area contributed by atoms with Crippen molar-refractivity contribution in [3.05, 3.63) is 56.9 Å². The van der Waals surface area contributed by atoms with Crippen molar-refractivity contribution in [2.75, 3.05) is 6.61 Å². The molecule has 6 heteroatoms. The van der Waals surface area contributed by atoms with Crippen LogP contribution in [0.25, 0.3) is 0 Å². The molecule has 26 heavy (non-hydrogen) atoms. The van der Waals surface area contributed by atoms with E-state index in [0.717, 1.165) is 11.0 Å². The number of carbonyl (C=O) groups excluding carboxylic acids is 1. The second-order valence-electron chi connectivity index (χ2n) is 5.97. The maximum absolute atomic E-state index is 12.9. The summed E-state index contributed by atoms with van der Waals surface area (Å²) in [4.78, 5) is 25.3. The van der Waals surface area contributed by atoms with Gasteiger partial charge in [0.25, 0.3) is 5.56 Å². The van der Waals surface area contributed by atoms with Gasteiger partial charge in [-0.3, -0.25) is 14.2 Å². The van der Waals surface area contributed by atoms with Crippen LogP contribution in [0.5, 0.6) is 11.6 Å². The maximum atomic E-state index is 12.9. The van der Waals surface area contributed by atoms with Crippen molar-refractivity contribution >= 4 is 5.78 Å². The quantitative estimate of drug-likeness (QED) is 0.771. The summed E-state index contributed by atoms with van der Waals surface area (Å²) in [5.74, 6) is -0.189. The molecule has 2 aromatic rings. The molecule has 6 nitrogen and oxygen atoms in total. The van der Waals surface area contributed by atoms with Gasteiger partial charge in [0.1, 0.15) is 17.4 Å². The molecule has 0 fully saturated rings. The van der Waals surface area contributed by atoms with E-state index in [-0.39, 0.29) is 23.2 Å². The fourth-order valence-corrected chi connectivity index (χ4v) is 2.72. The number of nitrogens with zero attached hydrogens (tertiary/aromatic N) is 2. The summed E-state index contributed by atoms with van der Waals surface area (Å²) < 4.78 is 6.58. The topological polar surface area (TPSA) is 92.3 Å². The summed E-state index contributed by atoms with van der Waals surface area (Å²) in [6.07, 6.45) is 1.46. The lowest BCUT2D eigenvalue weighted by Gasteiger charge is -2.15. The number of nitriles is 1. The van der Waals surface area contributed by atoms with E-state index in [1.165, 1.54) is 6.92 Å². The van der Waals surface area contributed by atoms with E-state index < -0.39 is 17.2 Å². The first kappa shape index (κ1) is 19.3. The maximum Gasteiger partial charge on any atom is 0.271 e. The monoisotopic (exact) mass is 354 g/mol. The Kier molecular flexibility index (Phi) is 6.18. The van der Waals surface area contributed by atoms with E-state index in [2.05, 4.69) is 0 Å². The number of carbonyl (C=O) groups is 1. The van der Waals surface area contributed by atoms with Crippen molar-refractivity contribution < 1.29 is 14.6 Å². The molecule has 0 radical (unpaired) electrons. The highest BCUT2D eigenvalue weighted by atomic mass is 16.5. The average molecular weight is 354 g/mol. The first-order valence-electron chi connectivity index (χ1n) is 8.60. The molecule has 0 amide bonds. The van der Waals surface area contributed by atoms with E-state index >= 15 is 0 Å². The summed E-state index contributed by atoms with van der Waals surface area (Å²) in [5.41, 5.74) is -0.181. The van der Waals surface area contributed by atoms with Crippen LogP contribution in [-0.4, -0.2) is 22.1 Å². The van der Waals surface area contributed by atoms with E-state index in [9.17, 15) is 20.0 Å². The van der Waals surface area contributed by atoms with Gasteiger partial charge in [-0.15, -0.1) is 0 Å². The van der Waals surface area contributed by atoms with Crippen molar-refractivity contribution in [3.8, 4) is 17.7 Å². The van der Waals surface area contributed by atoms with Crippen LogP contribution < -0.4 is 10.3 Å². The molecule has 0 unspecified atom stereocenters.